The highest BCUT2D eigenvalue weighted by molar-refractivity contribution is 5.95. The molecule has 1 fully saturated rings. The van der Waals surface area contributed by atoms with E-state index in [9.17, 15) is 22.8 Å². The van der Waals surface area contributed by atoms with Gasteiger partial charge in [0.1, 0.15) is 0 Å². The molecule has 0 aliphatic carbocycles. The van der Waals surface area contributed by atoms with Gasteiger partial charge >= 0.3 is 12.2 Å². The first-order chi connectivity index (χ1) is 13.9. The van der Waals surface area contributed by atoms with Crippen LogP contribution < -0.4 is 10.6 Å². The van der Waals surface area contributed by atoms with Crippen LogP contribution in [-0.4, -0.2) is 66.0 Å². The fraction of sp³-hybridized carbons (Fsp3) is 0.389. The molecule has 0 spiro atoms. The molecule has 8 nitrogen and oxygen atoms in total. The Labute approximate surface area is 164 Å². The van der Waals surface area contributed by atoms with Crippen LogP contribution in [0.1, 0.15) is 16.1 Å². The van der Waals surface area contributed by atoms with Crippen molar-refractivity contribution in [2.75, 3.05) is 39.4 Å². The number of urea groups is 1. The van der Waals surface area contributed by atoms with Crippen LogP contribution in [0.4, 0.5) is 18.0 Å². The van der Waals surface area contributed by atoms with Crippen LogP contribution in [0.3, 0.4) is 0 Å². The minimum absolute atomic E-state index is 0.0251. The molecule has 0 radical (unpaired) electrons. The second kappa shape index (κ2) is 8.95. The Hall–Kier alpha value is -3.08. The van der Waals surface area contributed by atoms with Crippen molar-refractivity contribution >= 4 is 11.9 Å². The number of benzene rings is 1. The van der Waals surface area contributed by atoms with E-state index in [2.05, 4.69) is 15.7 Å². The van der Waals surface area contributed by atoms with Gasteiger partial charge < -0.3 is 20.3 Å². The Morgan fingerprint density at radius 2 is 1.72 bits per heavy atom. The van der Waals surface area contributed by atoms with E-state index in [1.165, 1.54) is 0 Å². The highest BCUT2D eigenvalue weighted by Gasteiger charge is 2.39. The zero-order valence-corrected chi connectivity index (χ0v) is 15.4. The van der Waals surface area contributed by atoms with Gasteiger partial charge in [-0.2, -0.15) is 18.3 Å². The summed E-state index contributed by atoms with van der Waals surface area (Å²) in [5, 5.41) is 8.53. The molecule has 2 N–H and O–H groups in total. The minimum Gasteiger partial charge on any atom is -0.378 e. The summed E-state index contributed by atoms with van der Waals surface area (Å²) in [5.41, 5.74) is -1.45. The first-order valence-electron chi connectivity index (χ1n) is 8.97. The van der Waals surface area contributed by atoms with Crippen molar-refractivity contribution in [1.29, 1.82) is 0 Å². The summed E-state index contributed by atoms with van der Waals surface area (Å²) in [4.78, 5) is 25.8. The number of alkyl halides is 3. The molecule has 0 saturated carbocycles. The topological polar surface area (TPSA) is 88.5 Å². The van der Waals surface area contributed by atoms with Crippen LogP contribution in [0.5, 0.6) is 0 Å². The second-order valence-electron chi connectivity index (χ2n) is 6.26. The lowest BCUT2D eigenvalue weighted by Crippen LogP contribution is -2.47. The number of rotatable bonds is 5. The van der Waals surface area contributed by atoms with Crippen LogP contribution >= 0.6 is 0 Å². The molecule has 1 aliphatic heterocycles. The molecule has 156 valence electrons. The van der Waals surface area contributed by atoms with Crippen LogP contribution in [0.15, 0.2) is 36.5 Å². The molecule has 3 rings (SSSR count). The van der Waals surface area contributed by atoms with Gasteiger partial charge in [-0.1, -0.05) is 18.2 Å². The fourth-order valence-electron chi connectivity index (χ4n) is 2.78. The largest absolute Gasteiger partial charge is 0.435 e. The van der Waals surface area contributed by atoms with Gasteiger partial charge in [0.25, 0.3) is 5.91 Å². The van der Waals surface area contributed by atoms with Crippen molar-refractivity contribution in [3.8, 4) is 5.69 Å². The van der Waals surface area contributed by atoms with Crippen molar-refractivity contribution in [3.63, 3.8) is 0 Å². The first-order valence-corrected chi connectivity index (χ1v) is 8.97. The summed E-state index contributed by atoms with van der Waals surface area (Å²) >= 11 is 0. The third kappa shape index (κ3) is 5.25. The summed E-state index contributed by atoms with van der Waals surface area (Å²) in [7, 11) is 0. The molecule has 0 unspecified atom stereocenters. The number of nitrogens with zero attached hydrogens (tertiary/aromatic N) is 3. The summed E-state index contributed by atoms with van der Waals surface area (Å²) in [6.45, 7) is 1.89. The number of morpholine rings is 1. The van der Waals surface area contributed by atoms with Gasteiger partial charge in [0, 0.05) is 32.4 Å². The van der Waals surface area contributed by atoms with Crippen LogP contribution in [0, 0.1) is 0 Å². The molecule has 1 saturated heterocycles. The van der Waals surface area contributed by atoms with Gasteiger partial charge in [0.15, 0.2) is 5.69 Å². The molecule has 1 aliphatic rings. The van der Waals surface area contributed by atoms with E-state index in [4.69, 9.17) is 4.74 Å². The highest BCUT2D eigenvalue weighted by atomic mass is 19.4. The maximum absolute atomic E-state index is 13.3. The molecule has 0 bridgehead atoms. The molecular formula is C18H20F3N5O3. The average Bonchev–Trinajstić information content (AvgIpc) is 3.18. The van der Waals surface area contributed by atoms with E-state index in [0.29, 0.717) is 32.0 Å². The van der Waals surface area contributed by atoms with Gasteiger partial charge in [-0.05, 0) is 12.1 Å². The number of carbonyl (C=O) groups excluding carboxylic acids is 2. The fourth-order valence-corrected chi connectivity index (χ4v) is 2.78. The number of hydrogen-bond donors (Lipinski definition) is 2. The number of amides is 3. The average molecular weight is 411 g/mol. The lowest BCUT2D eigenvalue weighted by Gasteiger charge is -2.26. The third-order valence-electron chi connectivity index (χ3n) is 4.23. The molecule has 11 heteroatoms. The Kier molecular flexibility index (Phi) is 6.37. The highest BCUT2D eigenvalue weighted by Crippen LogP contribution is 2.31. The Morgan fingerprint density at radius 3 is 2.38 bits per heavy atom. The number of nitrogens with one attached hydrogen (secondary N) is 2. The van der Waals surface area contributed by atoms with Crippen LogP contribution in [-0.2, 0) is 10.9 Å². The quantitative estimate of drug-likeness (QED) is 0.733. The van der Waals surface area contributed by atoms with Gasteiger partial charge in [-0.15, -0.1) is 0 Å². The van der Waals surface area contributed by atoms with Crippen molar-refractivity contribution in [2.45, 2.75) is 6.18 Å². The van der Waals surface area contributed by atoms with Crippen molar-refractivity contribution in [3.05, 3.63) is 47.8 Å². The molecule has 3 amide bonds. The first kappa shape index (κ1) is 20.6. The predicted molar refractivity (Wildman–Crippen MR) is 96.7 cm³/mol. The van der Waals surface area contributed by atoms with Crippen molar-refractivity contribution in [1.82, 2.24) is 25.3 Å². The zero-order valence-electron chi connectivity index (χ0n) is 15.4. The molecular weight excluding hydrogens is 391 g/mol. The summed E-state index contributed by atoms with van der Waals surface area (Å²) in [5.74, 6) is -0.917. The monoisotopic (exact) mass is 411 g/mol. The Bertz CT molecular complexity index is 848. The maximum atomic E-state index is 13.3. The van der Waals surface area contributed by atoms with Crippen molar-refractivity contribution < 1.29 is 27.5 Å². The molecule has 1 aromatic heterocycles. The number of carbonyl (C=O) groups is 2. The lowest BCUT2D eigenvalue weighted by molar-refractivity contribution is -0.141. The standard InChI is InChI=1S/C18H20F3N5O3/c19-18(20,21)15-14(12-26(24-15)13-4-2-1-3-5-13)16(27)22-6-7-23-17(28)25-8-10-29-11-9-25/h1-5,12H,6-11H2,(H,22,27)(H,23,28). The lowest BCUT2D eigenvalue weighted by atomic mass is 10.2. The zero-order chi connectivity index (χ0) is 20.9. The van der Waals surface area contributed by atoms with E-state index in [0.717, 1.165) is 10.9 Å². The number of para-hydroxylation sites is 1. The molecule has 2 heterocycles. The number of ether oxygens (including phenoxy) is 1. The summed E-state index contributed by atoms with van der Waals surface area (Å²) in [6.07, 6.45) is -3.74. The van der Waals surface area contributed by atoms with E-state index >= 15 is 0 Å². The van der Waals surface area contributed by atoms with Gasteiger partial charge in [-0.25, -0.2) is 9.48 Å². The second-order valence-corrected chi connectivity index (χ2v) is 6.26. The number of halogens is 3. The summed E-state index contributed by atoms with van der Waals surface area (Å²) in [6, 6.07) is 7.88. The maximum Gasteiger partial charge on any atom is 0.435 e. The SMILES string of the molecule is O=C(NCCNC(=O)N1CCOCC1)c1cn(-c2ccccc2)nc1C(F)(F)F. The Morgan fingerprint density at radius 1 is 1.07 bits per heavy atom. The smallest absolute Gasteiger partial charge is 0.378 e. The Balaban J connectivity index is 1.61. The van der Waals surface area contributed by atoms with Crippen molar-refractivity contribution in [2.24, 2.45) is 0 Å². The van der Waals surface area contributed by atoms with E-state index in [1.807, 2.05) is 0 Å². The normalized spacial score (nSPS) is 14.5. The number of aromatic nitrogens is 2. The van der Waals surface area contributed by atoms with E-state index < -0.39 is 23.3 Å². The molecule has 29 heavy (non-hydrogen) atoms. The van der Waals surface area contributed by atoms with Crippen LogP contribution in [0.25, 0.3) is 5.69 Å². The molecule has 1 aromatic carbocycles. The van der Waals surface area contributed by atoms with Gasteiger partial charge in [-0.3, -0.25) is 4.79 Å². The number of hydrogen-bond acceptors (Lipinski definition) is 4. The molecule has 2 aromatic rings. The van der Waals surface area contributed by atoms with Crippen LogP contribution in [0.2, 0.25) is 0 Å². The minimum atomic E-state index is -4.78. The van der Waals surface area contributed by atoms with Gasteiger partial charge in [0.2, 0.25) is 0 Å². The third-order valence-corrected chi connectivity index (χ3v) is 4.23. The summed E-state index contributed by atoms with van der Waals surface area (Å²) < 4.78 is 46.1. The predicted octanol–water partition coefficient (Wildman–Crippen LogP) is 1.66. The van der Waals surface area contributed by atoms with E-state index in [1.54, 1.807) is 35.2 Å². The van der Waals surface area contributed by atoms with E-state index in [-0.39, 0.29) is 19.1 Å². The molecule has 0 atom stereocenters. The van der Waals surface area contributed by atoms with Gasteiger partial charge in [0.05, 0.1) is 24.5 Å².